The van der Waals surface area contributed by atoms with Gasteiger partial charge in [-0.3, -0.25) is 9.69 Å². The number of amides is 1. The zero-order chi connectivity index (χ0) is 21.6. The summed E-state index contributed by atoms with van der Waals surface area (Å²) >= 11 is 0. The highest BCUT2D eigenvalue weighted by molar-refractivity contribution is 5.91. The maximum absolute atomic E-state index is 13.2. The molecule has 8 nitrogen and oxygen atoms in total. The van der Waals surface area contributed by atoms with E-state index in [0.29, 0.717) is 25.4 Å². The van der Waals surface area contributed by atoms with Gasteiger partial charge in [0.15, 0.2) is 11.6 Å². The number of hydrogen-bond donors (Lipinski definition) is 0. The van der Waals surface area contributed by atoms with E-state index in [4.69, 9.17) is 4.42 Å². The third-order valence-corrected chi connectivity index (χ3v) is 5.71. The molecule has 0 bridgehead atoms. The Morgan fingerprint density at radius 3 is 2.61 bits per heavy atom. The molecule has 3 heterocycles. The van der Waals surface area contributed by atoms with Gasteiger partial charge in [-0.25, -0.2) is 9.07 Å². The second kappa shape index (κ2) is 9.82. The third kappa shape index (κ3) is 4.99. The summed E-state index contributed by atoms with van der Waals surface area (Å²) < 4.78 is 20.3. The van der Waals surface area contributed by atoms with Crippen LogP contribution in [0.1, 0.15) is 54.2 Å². The molecule has 3 aromatic rings. The van der Waals surface area contributed by atoms with Crippen molar-refractivity contribution in [2.24, 2.45) is 0 Å². The van der Waals surface area contributed by atoms with Crippen LogP contribution in [-0.2, 0) is 6.54 Å². The molecule has 0 radical (unpaired) electrons. The number of furan rings is 1. The standard InChI is InChI=1S/C22H27FN6O2/c1-2-3-5-19(21-24-25-26-29(21)16-17-7-9-18(23)10-8-17)27-11-13-28(14-12-27)22(30)20-6-4-15-31-20/h4,6-10,15,19H,2-3,5,11-14,16H2,1H3. The molecule has 1 unspecified atom stereocenters. The first kappa shape index (κ1) is 21.2. The molecule has 4 rings (SSSR count). The van der Waals surface area contributed by atoms with E-state index in [1.165, 1.54) is 18.4 Å². The van der Waals surface area contributed by atoms with Crippen LogP contribution in [-0.4, -0.2) is 62.1 Å². The second-order valence-corrected chi connectivity index (χ2v) is 7.78. The largest absolute Gasteiger partial charge is 0.459 e. The van der Waals surface area contributed by atoms with E-state index in [-0.39, 0.29) is 17.8 Å². The number of rotatable bonds is 8. The Balaban J connectivity index is 1.46. The number of carbonyl (C=O) groups excluding carboxylic acids is 1. The van der Waals surface area contributed by atoms with Crippen molar-refractivity contribution in [3.05, 3.63) is 65.6 Å². The molecule has 1 aliphatic rings. The van der Waals surface area contributed by atoms with Crippen LogP contribution in [0.2, 0.25) is 0 Å². The van der Waals surface area contributed by atoms with E-state index in [9.17, 15) is 9.18 Å². The van der Waals surface area contributed by atoms with E-state index < -0.39 is 0 Å². The summed E-state index contributed by atoms with van der Waals surface area (Å²) in [7, 11) is 0. The number of piperazine rings is 1. The van der Waals surface area contributed by atoms with Crippen LogP contribution < -0.4 is 0 Å². The van der Waals surface area contributed by atoms with Crippen LogP contribution in [0.4, 0.5) is 4.39 Å². The molecule has 9 heteroatoms. The van der Waals surface area contributed by atoms with E-state index in [0.717, 1.165) is 43.7 Å². The summed E-state index contributed by atoms with van der Waals surface area (Å²) in [5.74, 6) is 0.849. The minimum atomic E-state index is -0.261. The average Bonchev–Trinajstić information content (AvgIpc) is 3.48. The Bertz CT molecular complexity index is 964. The maximum atomic E-state index is 13.2. The molecular weight excluding hydrogens is 399 g/mol. The molecule has 0 N–H and O–H groups in total. The average molecular weight is 426 g/mol. The predicted octanol–water partition coefficient (Wildman–Crippen LogP) is 3.14. The maximum Gasteiger partial charge on any atom is 0.289 e. The summed E-state index contributed by atoms with van der Waals surface area (Å²) in [6.45, 7) is 5.39. The normalized spacial score (nSPS) is 15.9. The van der Waals surface area contributed by atoms with Gasteiger partial charge in [0.1, 0.15) is 5.82 Å². The van der Waals surface area contributed by atoms with Gasteiger partial charge in [0.2, 0.25) is 0 Å². The second-order valence-electron chi connectivity index (χ2n) is 7.78. The molecule has 31 heavy (non-hydrogen) atoms. The van der Waals surface area contributed by atoms with Crippen LogP contribution >= 0.6 is 0 Å². The molecule has 1 saturated heterocycles. The van der Waals surface area contributed by atoms with Gasteiger partial charge in [0.25, 0.3) is 5.91 Å². The zero-order valence-corrected chi connectivity index (χ0v) is 17.7. The van der Waals surface area contributed by atoms with E-state index in [1.54, 1.807) is 28.9 Å². The molecule has 164 valence electrons. The summed E-state index contributed by atoms with van der Waals surface area (Å²) in [5, 5.41) is 12.5. The predicted molar refractivity (Wildman–Crippen MR) is 112 cm³/mol. The fourth-order valence-corrected chi connectivity index (χ4v) is 3.99. The van der Waals surface area contributed by atoms with Crippen molar-refractivity contribution in [3.8, 4) is 0 Å². The van der Waals surface area contributed by atoms with E-state index >= 15 is 0 Å². The minimum Gasteiger partial charge on any atom is -0.459 e. The molecule has 0 spiro atoms. The van der Waals surface area contributed by atoms with E-state index in [1.807, 2.05) is 4.90 Å². The number of tetrazole rings is 1. The molecule has 1 aliphatic heterocycles. The lowest BCUT2D eigenvalue weighted by Crippen LogP contribution is -2.50. The summed E-state index contributed by atoms with van der Waals surface area (Å²) in [6.07, 6.45) is 4.59. The van der Waals surface area contributed by atoms with Crippen molar-refractivity contribution in [3.63, 3.8) is 0 Å². The van der Waals surface area contributed by atoms with Gasteiger partial charge in [-0.2, -0.15) is 0 Å². The lowest BCUT2D eigenvalue weighted by Gasteiger charge is -2.38. The van der Waals surface area contributed by atoms with Gasteiger partial charge in [-0.05, 0) is 46.7 Å². The Hall–Kier alpha value is -3.07. The van der Waals surface area contributed by atoms with Crippen LogP contribution in [0.5, 0.6) is 0 Å². The van der Waals surface area contributed by atoms with Gasteiger partial charge in [-0.15, -0.1) is 5.10 Å². The number of hydrogen-bond acceptors (Lipinski definition) is 6. The SMILES string of the molecule is CCCCC(c1nnnn1Cc1ccc(F)cc1)N1CCN(C(=O)c2ccco2)CC1. The van der Waals surface area contributed by atoms with Crippen molar-refractivity contribution >= 4 is 5.91 Å². The van der Waals surface area contributed by atoms with Crippen LogP contribution in [0.25, 0.3) is 0 Å². The molecule has 1 fully saturated rings. The lowest BCUT2D eigenvalue weighted by atomic mass is 10.1. The smallest absolute Gasteiger partial charge is 0.289 e. The monoisotopic (exact) mass is 426 g/mol. The van der Waals surface area contributed by atoms with Crippen LogP contribution in [0, 0.1) is 5.82 Å². The summed E-state index contributed by atoms with van der Waals surface area (Å²) in [4.78, 5) is 16.8. The molecule has 1 amide bonds. The highest BCUT2D eigenvalue weighted by Gasteiger charge is 2.31. The van der Waals surface area contributed by atoms with Gasteiger partial charge in [-0.1, -0.05) is 31.9 Å². The van der Waals surface area contributed by atoms with Crippen molar-refractivity contribution < 1.29 is 13.6 Å². The Morgan fingerprint density at radius 2 is 1.94 bits per heavy atom. The van der Waals surface area contributed by atoms with Crippen LogP contribution in [0.3, 0.4) is 0 Å². The lowest BCUT2D eigenvalue weighted by molar-refractivity contribution is 0.0513. The molecule has 0 aliphatic carbocycles. The zero-order valence-electron chi connectivity index (χ0n) is 17.7. The number of halogens is 1. The van der Waals surface area contributed by atoms with E-state index in [2.05, 4.69) is 27.3 Å². The molecule has 1 aromatic carbocycles. The van der Waals surface area contributed by atoms with Gasteiger partial charge in [0, 0.05) is 26.2 Å². The van der Waals surface area contributed by atoms with Crippen molar-refractivity contribution in [1.29, 1.82) is 0 Å². The number of aromatic nitrogens is 4. The highest BCUT2D eigenvalue weighted by Crippen LogP contribution is 2.26. The number of nitrogens with zero attached hydrogens (tertiary/aromatic N) is 6. The third-order valence-electron chi connectivity index (χ3n) is 5.71. The van der Waals surface area contributed by atoms with Gasteiger partial charge in [0.05, 0.1) is 18.8 Å². The van der Waals surface area contributed by atoms with Crippen molar-refractivity contribution in [2.45, 2.75) is 38.8 Å². The molecule has 1 atom stereocenters. The van der Waals surface area contributed by atoms with Gasteiger partial charge >= 0.3 is 0 Å². The first-order chi connectivity index (χ1) is 15.2. The minimum absolute atomic E-state index is 0.0660. The number of carbonyl (C=O) groups is 1. The Morgan fingerprint density at radius 1 is 1.16 bits per heavy atom. The van der Waals surface area contributed by atoms with Crippen molar-refractivity contribution in [2.75, 3.05) is 26.2 Å². The first-order valence-electron chi connectivity index (χ1n) is 10.7. The topological polar surface area (TPSA) is 80.3 Å². The Kier molecular flexibility index (Phi) is 6.71. The fourth-order valence-electron chi connectivity index (χ4n) is 3.99. The first-order valence-corrected chi connectivity index (χ1v) is 10.7. The highest BCUT2D eigenvalue weighted by atomic mass is 19.1. The Labute approximate surface area is 180 Å². The molecule has 0 saturated carbocycles. The van der Waals surface area contributed by atoms with Gasteiger partial charge < -0.3 is 9.32 Å². The summed E-state index contributed by atoms with van der Waals surface area (Å²) in [5.41, 5.74) is 0.943. The molecular formula is C22H27FN6O2. The molecule has 2 aromatic heterocycles. The number of unbranched alkanes of at least 4 members (excludes halogenated alkanes) is 1. The van der Waals surface area contributed by atoms with Crippen LogP contribution in [0.15, 0.2) is 47.1 Å². The quantitative estimate of drug-likeness (QED) is 0.551. The number of benzene rings is 1. The fraction of sp³-hybridized carbons (Fsp3) is 0.455. The van der Waals surface area contributed by atoms with Crippen molar-refractivity contribution in [1.82, 2.24) is 30.0 Å². The summed E-state index contributed by atoms with van der Waals surface area (Å²) in [6, 6.07) is 9.89.